The van der Waals surface area contributed by atoms with E-state index in [4.69, 9.17) is 15.2 Å². The summed E-state index contributed by atoms with van der Waals surface area (Å²) in [6.07, 6.45) is 0.825. The normalized spacial score (nSPS) is 26.2. The van der Waals surface area contributed by atoms with Crippen molar-refractivity contribution in [3.05, 3.63) is 12.0 Å². The Bertz CT molecular complexity index is 538. The number of hydrogen-bond acceptors (Lipinski definition) is 7. The number of imidazole rings is 1. The van der Waals surface area contributed by atoms with Crippen molar-refractivity contribution >= 4 is 5.91 Å². The van der Waals surface area contributed by atoms with Gasteiger partial charge in [-0.25, -0.2) is 4.98 Å². The van der Waals surface area contributed by atoms with Gasteiger partial charge in [0.25, 0.3) is 5.91 Å². The third kappa shape index (κ3) is 3.00. The molecule has 5 N–H and O–H groups in total. The smallest absolute Gasteiger partial charge is 0.272 e. The number of carbonyl (C=O) groups excluding carboxylic acids is 1. The largest absolute Gasteiger partial charge is 0.493 e. The standard InChI is InChI=1S/C12H19N3O6/c1-11(2,19)21-12(3-7(4-16)20-5-12)15-6-14-8(9(13)17)10(15)18/h6-7,16,18-19H,3-5H2,1-2H3,(H2,13,17)/t7-,12+/m0/s1. The van der Waals surface area contributed by atoms with Gasteiger partial charge in [0, 0.05) is 6.42 Å². The summed E-state index contributed by atoms with van der Waals surface area (Å²) in [5.74, 6) is -2.90. The second-order valence-corrected chi connectivity index (χ2v) is 5.47. The highest BCUT2D eigenvalue weighted by molar-refractivity contribution is 5.93. The van der Waals surface area contributed by atoms with E-state index in [0.717, 1.165) is 0 Å². The van der Waals surface area contributed by atoms with Crippen molar-refractivity contribution in [2.75, 3.05) is 13.2 Å². The predicted octanol–water partition coefficient (Wildman–Crippen LogP) is -1.13. The Labute approximate surface area is 120 Å². The first kappa shape index (κ1) is 15.7. The van der Waals surface area contributed by atoms with Gasteiger partial charge in [-0.3, -0.25) is 9.36 Å². The Kier molecular flexibility index (Phi) is 3.93. The number of aliphatic hydroxyl groups is 2. The second-order valence-electron chi connectivity index (χ2n) is 5.47. The molecule has 0 spiro atoms. The first-order valence-electron chi connectivity index (χ1n) is 6.40. The molecule has 2 atom stereocenters. The lowest BCUT2D eigenvalue weighted by molar-refractivity contribution is -0.275. The monoisotopic (exact) mass is 301 g/mol. The molecular formula is C12H19N3O6. The molecule has 0 aromatic carbocycles. The van der Waals surface area contributed by atoms with E-state index in [-0.39, 0.29) is 25.3 Å². The maximum Gasteiger partial charge on any atom is 0.272 e. The summed E-state index contributed by atoms with van der Waals surface area (Å²) in [6, 6.07) is 0. The molecule has 9 heteroatoms. The SMILES string of the molecule is CC(C)(O)O[C@@]1(n2cnc(C(N)=O)c2O)CO[C@H](CO)C1. The van der Waals surface area contributed by atoms with Crippen LogP contribution >= 0.6 is 0 Å². The van der Waals surface area contributed by atoms with Crippen molar-refractivity contribution in [2.24, 2.45) is 5.73 Å². The Morgan fingerprint density at radius 3 is 2.81 bits per heavy atom. The summed E-state index contributed by atoms with van der Waals surface area (Å²) >= 11 is 0. The molecule has 118 valence electrons. The fourth-order valence-electron chi connectivity index (χ4n) is 2.41. The van der Waals surface area contributed by atoms with Crippen molar-refractivity contribution in [3.8, 4) is 5.88 Å². The molecule has 21 heavy (non-hydrogen) atoms. The fraction of sp³-hybridized carbons (Fsp3) is 0.667. The van der Waals surface area contributed by atoms with Crippen LogP contribution in [0.25, 0.3) is 0 Å². The molecule has 1 aliphatic heterocycles. The zero-order chi connectivity index (χ0) is 15.8. The molecule has 9 nitrogen and oxygen atoms in total. The topological polar surface area (TPSA) is 140 Å². The number of amides is 1. The van der Waals surface area contributed by atoms with Gasteiger partial charge in [-0.1, -0.05) is 0 Å². The van der Waals surface area contributed by atoms with Crippen LogP contribution < -0.4 is 5.73 Å². The van der Waals surface area contributed by atoms with Crippen LogP contribution in [0.2, 0.25) is 0 Å². The molecule has 1 aliphatic rings. The van der Waals surface area contributed by atoms with Gasteiger partial charge in [0.05, 0.1) is 19.3 Å². The number of aromatic hydroxyl groups is 1. The van der Waals surface area contributed by atoms with Gasteiger partial charge in [-0.2, -0.15) is 0 Å². The number of nitrogens with zero attached hydrogens (tertiary/aromatic N) is 2. The number of rotatable bonds is 5. The molecular weight excluding hydrogens is 282 g/mol. The van der Waals surface area contributed by atoms with E-state index < -0.39 is 29.4 Å². The Balaban J connectivity index is 2.44. The minimum Gasteiger partial charge on any atom is -0.493 e. The van der Waals surface area contributed by atoms with E-state index >= 15 is 0 Å². The molecule has 2 rings (SSSR count). The third-order valence-electron chi connectivity index (χ3n) is 3.15. The van der Waals surface area contributed by atoms with Gasteiger partial charge in [0.2, 0.25) is 5.88 Å². The highest BCUT2D eigenvalue weighted by Gasteiger charge is 2.47. The number of aliphatic hydroxyl groups excluding tert-OH is 1. The zero-order valence-electron chi connectivity index (χ0n) is 11.8. The fourth-order valence-corrected chi connectivity index (χ4v) is 2.41. The summed E-state index contributed by atoms with van der Waals surface area (Å²) in [4.78, 5) is 14.9. The predicted molar refractivity (Wildman–Crippen MR) is 69.2 cm³/mol. The molecule has 0 aliphatic carbocycles. The minimum atomic E-state index is -1.53. The molecule has 0 unspecified atom stereocenters. The first-order chi connectivity index (χ1) is 9.68. The van der Waals surface area contributed by atoms with E-state index in [9.17, 15) is 20.1 Å². The van der Waals surface area contributed by atoms with Crippen LogP contribution in [0, 0.1) is 0 Å². The van der Waals surface area contributed by atoms with Crippen molar-refractivity contribution in [1.82, 2.24) is 9.55 Å². The third-order valence-corrected chi connectivity index (χ3v) is 3.15. The minimum absolute atomic E-state index is 0.0374. The van der Waals surface area contributed by atoms with E-state index in [0.29, 0.717) is 0 Å². The van der Waals surface area contributed by atoms with Crippen LogP contribution in [0.3, 0.4) is 0 Å². The quantitative estimate of drug-likeness (QED) is 0.504. The van der Waals surface area contributed by atoms with Crippen LogP contribution in [-0.2, 0) is 15.2 Å². The number of primary amides is 1. The summed E-state index contributed by atoms with van der Waals surface area (Å²) in [7, 11) is 0. The van der Waals surface area contributed by atoms with E-state index in [1.807, 2.05) is 0 Å². The van der Waals surface area contributed by atoms with Crippen molar-refractivity contribution in [1.29, 1.82) is 0 Å². The lowest BCUT2D eigenvalue weighted by Gasteiger charge is -2.35. The number of carbonyl (C=O) groups is 1. The van der Waals surface area contributed by atoms with Crippen molar-refractivity contribution in [3.63, 3.8) is 0 Å². The lowest BCUT2D eigenvalue weighted by Crippen LogP contribution is -2.44. The van der Waals surface area contributed by atoms with Crippen LogP contribution in [-0.4, -0.2) is 55.9 Å². The van der Waals surface area contributed by atoms with E-state index in [1.165, 1.54) is 24.7 Å². The Hall–Kier alpha value is -1.68. The Morgan fingerprint density at radius 2 is 2.38 bits per heavy atom. The molecule has 1 saturated heterocycles. The lowest BCUT2D eigenvalue weighted by atomic mass is 10.1. The first-order valence-corrected chi connectivity index (χ1v) is 6.40. The van der Waals surface area contributed by atoms with Crippen molar-refractivity contribution in [2.45, 2.75) is 37.9 Å². The second kappa shape index (κ2) is 5.26. The van der Waals surface area contributed by atoms with Gasteiger partial charge in [0.1, 0.15) is 6.33 Å². The molecule has 0 radical (unpaired) electrons. The van der Waals surface area contributed by atoms with Crippen LogP contribution in [0.1, 0.15) is 30.8 Å². The van der Waals surface area contributed by atoms with E-state index in [2.05, 4.69) is 4.98 Å². The van der Waals surface area contributed by atoms with E-state index in [1.54, 1.807) is 0 Å². The molecule has 1 aromatic rings. The molecule has 0 saturated carbocycles. The molecule has 0 bridgehead atoms. The van der Waals surface area contributed by atoms with Crippen LogP contribution in [0.5, 0.6) is 5.88 Å². The molecule has 1 aromatic heterocycles. The maximum atomic E-state index is 11.2. The summed E-state index contributed by atoms with van der Waals surface area (Å²) < 4.78 is 12.2. The highest BCUT2D eigenvalue weighted by Crippen LogP contribution is 2.39. The number of hydrogen-bond donors (Lipinski definition) is 4. The van der Waals surface area contributed by atoms with Crippen LogP contribution in [0.4, 0.5) is 0 Å². The van der Waals surface area contributed by atoms with Crippen molar-refractivity contribution < 1.29 is 29.6 Å². The number of aromatic nitrogens is 2. The van der Waals surface area contributed by atoms with Gasteiger partial charge >= 0.3 is 0 Å². The van der Waals surface area contributed by atoms with Gasteiger partial charge < -0.3 is 30.5 Å². The summed E-state index contributed by atoms with van der Waals surface area (Å²) in [5.41, 5.74) is 3.51. The summed E-state index contributed by atoms with van der Waals surface area (Å²) in [5, 5.41) is 29.2. The van der Waals surface area contributed by atoms with Crippen LogP contribution in [0.15, 0.2) is 6.33 Å². The zero-order valence-corrected chi connectivity index (χ0v) is 11.8. The summed E-state index contributed by atoms with van der Waals surface area (Å²) in [6.45, 7) is 2.56. The highest BCUT2D eigenvalue weighted by atomic mass is 16.7. The molecule has 2 heterocycles. The average molecular weight is 301 g/mol. The molecule has 1 fully saturated rings. The Morgan fingerprint density at radius 1 is 1.71 bits per heavy atom. The number of ether oxygens (including phenoxy) is 2. The number of nitrogens with two attached hydrogens (primary N) is 1. The van der Waals surface area contributed by atoms with Gasteiger partial charge in [0.15, 0.2) is 17.2 Å². The average Bonchev–Trinajstić information content (AvgIpc) is 2.91. The van der Waals surface area contributed by atoms with Gasteiger partial charge in [-0.15, -0.1) is 0 Å². The maximum absolute atomic E-state index is 11.2. The molecule has 1 amide bonds. The van der Waals surface area contributed by atoms with Gasteiger partial charge in [-0.05, 0) is 13.8 Å².